The number of hydrogen-bond donors (Lipinski definition) is 1. The van der Waals surface area contributed by atoms with Crippen molar-refractivity contribution < 1.29 is 0 Å². The largest absolute Gasteiger partial charge is 0.306 e. The molecule has 0 bridgehead atoms. The maximum absolute atomic E-state index is 12.6. The third kappa shape index (κ3) is 3.43. The van der Waals surface area contributed by atoms with Crippen molar-refractivity contribution in [2.75, 3.05) is 6.26 Å². The Balaban J connectivity index is 1.81. The summed E-state index contributed by atoms with van der Waals surface area (Å²) < 4.78 is 0. The standard InChI is InChI=1S/C19H14ClN5OS/c1-10-7-21-9-16(23-10)11-3-4-13(15(20)6-11)14-5-12-8-22-19(27-2)25-17(12)24-18(14)26/h3-9H,1-2H3,(H,22,24,25,26). The van der Waals surface area contributed by atoms with Gasteiger partial charge in [-0.05, 0) is 25.3 Å². The number of aryl methyl sites for hydroxylation is 1. The number of aromatic nitrogens is 5. The van der Waals surface area contributed by atoms with Crippen LogP contribution in [0.25, 0.3) is 33.4 Å². The van der Waals surface area contributed by atoms with Crippen LogP contribution in [-0.4, -0.2) is 31.2 Å². The minimum Gasteiger partial charge on any atom is -0.306 e. The van der Waals surface area contributed by atoms with E-state index in [0.717, 1.165) is 22.3 Å². The molecule has 0 saturated carbocycles. The average Bonchev–Trinajstić information content (AvgIpc) is 2.67. The van der Waals surface area contributed by atoms with Crippen LogP contribution in [-0.2, 0) is 0 Å². The molecular formula is C19H14ClN5OS. The van der Waals surface area contributed by atoms with Crippen LogP contribution in [0.15, 0.2) is 52.8 Å². The van der Waals surface area contributed by atoms with Gasteiger partial charge in [-0.2, -0.15) is 0 Å². The number of aromatic amines is 1. The first kappa shape index (κ1) is 17.6. The maximum atomic E-state index is 12.6. The topological polar surface area (TPSA) is 84.4 Å². The molecule has 4 aromatic rings. The van der Waals surface area contributed by atoms with E-state index in [1.54, 1.807) is 30.7 Å². The fourth-order valence-corrected chi connectivity index (χ4v) is 3.39. The highest BCUT2D eigenvalue weighted by molar-refractivity contribution is 7.98. The molecule has 0 atom stereocenters. The molecule has 3 heterocycles. The lowest BCUT2D eigenvalue weighted by Gasteiger charge is -2.08. The molecule has 134 valence electrons. The number of benzene rings is 1. The summed E-state index contributed by atoms with van der Waals surface area (Å²) in [6.07, 6.45) is 6.95. The Labute approximate surface area is 164 Å². The second-order valence-electron chi connectivity index (χ2n) is 5.91. The molecule has 8 heteroatoms. The number of nitrogens with zero attached hydrogens (tertiary/aromatic N) is 4. The summed E-state index contributed by atoms with van der Waals surface area (Å²) in [6, 6.07) is 7.24. The predicted molar refractivity (Wildman–Crippen MR) is 108 cm³/mol. The van der Waals surface area contributed by atoms with E-state index in [1.165, 1.54) is 11.8 Å². The number of H-pyrrole nitrogens is 1. The fraction of sp³-hybridized carbons (Fsp3) is 0.105. The summed E-state index contributed by atoms with van der Waals surface area (Å²) in [5.74, 6) is 0. The molecule has 0 radical (unpaired) electrons. The van der Waals surface area contributed by atoms with E-state index in [-0.39, 0.29) is 5.56 Å². The fourth-order valence-electron chi connectivity index (χ4n) is 2.77. The van der Waals surface area contributed by atoms with Gasteiger partial charge in [-0.3, -0.25) is 9.78 Å². The Kier molecular flexibility index (Phi) is 4.63. The van der Waals surface area contributed by atoms with E-state index in [9.17, 15) is 4.79 Å². The third-order valence-corrected chi connectivity index (χ3v) is 4.94. The molecule has 6 nitrogen and oxygen atoms in total. The average molecular weight is 396 g/mol. The van der Waals surface area contributed by atoms with Crippen LogP contribution in [0.4, 0.5) is 0 Å². The number of pyridine rings is 1. The molecule has 0 aliphatic rings. The first-order chi connectivity index (χ1) is 13.0. The number of rotatable bonds is 3. The van der Waals surface area contributed by atoms with Crippen molar-refractivity contribution in [3.8, 4) is 22.4 Å². The minimum absolute atomic E-state index is 0.252. The van der Waals surface area contributed by atoms with Crippen molar-refractivity contribution >= 4 is 34.4 Å². The molecule has 0 aliphatic heterocycles. The van der Waals surface area contributed by atoms with Crippen molar-refractivity contribution in [3.05, 3.63) is 63.9 Å². The highest BCUT2D eigenvalue weighted by Gasteiger charge is 2.12. The lowest BCUT2D eigenvalue weighted by molar-refractivity contribution is 0.988. The number of nitrogens with one attached hydrogen (secondary N) is 1. The first-order valence-electron chi connectivity index (χ1n) is 8.08. The van der Waals surface area contributed by atoms with Gasteiger partial charge in [0.15, 0.2) is 5.16 Å². The Morgan fingerprint density at radius 1 is 1.07 bits per heavy atom. The van der Waals surface area contributed by atoms with Crippen LogP contribution in [0.5, 0.6) is 0 Å². The van der Waals surface area contributed by atoms with E-state index >= 15 is 0 Å². The number of halogens is 1. The molecule has 3 aromatic heterocycles. The van der Waals surface area contributed by atoms with Crippen molar-refractivity contribution in [2.24, 2.45) is 0 Å². The van der Waals surface area contributed by atoms with Gasteiger partial charge < -0.3 is 4.98 Å². The summed E-state index contributed by atoms with van der Waals surface area (Å²) in [5.41, 5.74) is 3.75. The summed E-state index contributed by atoms with van der Waals surface area (Å²) in [4.78, 5) is 32.6. The Hall–Kier alpha value is -2.77. The summed E-state index contributed by atoms with van der Waals surface area (Å²) in [6.45, 7) is 1.88. The Bertz CT molecular complexity index is 1220. The van der Waals surface area contributed by atoms with Crippen LogP contribution in [0.3, 0.4) is 0 Å². The summed E-state index contributed by atoms with van der Waals surface area (Å²) >= 11 is 7.91. The SMILES string of the molecule is CSc1ncc2cc(-c3ccc(-c4cncc(C)n4)cc3Cl)c(=O)[nH]c2n1. The molecule has 0 spiro atoms. The zero-order valence-electron chi connectivity index (χ0n) is 14.5. The molecule has 0 saturated heterocycles. The van der Waals surface area contributed by atoms with Crippen molar-refractivity contribution in [1.29, 1.82) is 0 Å². The lowest BCUT2D eigenvalue weighted by Crippen LogP contribution is -2.10. The van der Waals surface area contributed by atoms with Crippen molar-refractivity contribution in [3.63, 3.8) is 0 Å². The second-order valence-corrected chi connectivity index (χ2v) is 7.09. The van der Waals surface area contributed by atoms with E-state index in [0.29, 0.717) is 27.0 Å². The predicted octanol–water partition coefficient (Wildman–Crippen LogP) is 4.13. The van der Waals surface area contributed by atoms with Gasteiger partial charge in [0.2, 0.25) is 0 Å². The second kappa shape index (κ2) is 7.09. The monoisotopic (exact) mass is 395 g/mol. The summed E-state index contributed by atoms with van der Waals surface area (Å²) in [7, 11) is 0. The van der Waals surface area contributed by atoms with Gasteiger partial charge in [-0.15, -0.1) is 0 Å². The molecule has 0 aliphatic carbocycles. The molecular weight excluding hydrogens is 382 g/mol. The van der Waals surface area contributed by atoms with Gasteiger partial charge in [0, 0.05) is 39.5 Å². The molecule has 0 unspecified atom stereocenters. The summed E-state index contributed by atoms with van der Waals surface area (Å²) in [5, 5.41) is 1.81. The molecule has 0 fully saturated rings. The van der Waals surface area contributed by atoms with Crippen LogP contribution >= 0.6 is 23.4 Å². The normalized spacial score (nSPS) is 11.1. The Morgan fingerprint density at radius 2 is 1.93 bits per heavy atom. The van der Waals surface area contributed by atoms with Gasteiger partial charge >= 0.3 is 0 Å². The van der Waals surface area contributed by atoms with E-state index in [4.69, 9.17) is 11.6 Å². The van der Waals surface area contributed by atoms with Crippen molar-refractivity contribution in [2.45, 2.75) is 12.1 Å². The van der Waals surface area contributed by atoms with Crippen LogP contribution < -0.4 is 5.56 Å². The van der Waals surface area contributed by atoms with E-state index in [1.807, 2.05) is 25.3 Å². The molecule has 0 amide bonds. The quantitative estimate of drug-likeness (QED) is 0.415. The smallest absolute Gasteiger partial charge is 0.257 e. The van der Waals surface area contributed by atoms with Crippen LogP contribution in [0.1, 0.15) is 5.69 Å². The van der Waals surface area contributed by atoms with Crippen LogP contribution in [0, 0.1) is 6.92 Å². The molecule has 4 rings (SSSR count). The van der Waals surface area contributed by atoms with Gasteiger partial charge in [0.1, 0.15) is 5.65 Å². The number of thioether (sulfide) groups is 1. The van der Waals surface area contributed by atoms with Crippen LogP contribution in [0.2, 0.25) is 5.02 Å². The highest BCUT2D eigenvalue weighted by atomic mass is 35.5. The highest BCUT2D eigenvalue weighted by Crippen LogP contribution is 2.31. The zero-order chi connectivity index (χ0) is 19.0. The van der Waals surface area contributed by atoms with E-state index in [2.05, 4.69) is 24.9 Å². The number of hydrogen-bond acceptors (Lipinski definition) is 6. The number of fused-ring (bicyclic) bond motifs is 1. The first-order valence-corrected chi connectivity index (χ1v) is 9.68. The Morgan fingerprint density at radius 3 is 2.67 bits per heavy atom. The molecule has 1 N–H and O–H groups in total. The zero-order valence-corrected chi connectivity index (χ0v) is 16.1. The molecule has 27 heavy (non-hydrogen) atoms. The molecule has 1 aromatic carbocycles. The van der Waals surface area contributed by atoms with Gasteiger partial charge in [-0.1, -0.05) is 35.5 Å². The maximum Gasteiger partial charge on any atom is 0.257 e. The minimum atomic E-state index is -0.252. The van der Waals surface area contributed by atoms with Crippen molar-refractivity contribution in [1.82, 2.24) is 24.9 Å². The van der Waals surface area contributed by atoms with Gasteiger partial charge in [0.05, 0.1) is 17.6 Å². The van der Waals surface area contributed by atoms with Gasteiger partial charge in [0.25, 0.3) is 5.56 Å². The third-order valence-electron chi connectivity index (χ3n) is 4.06. The van der Waals surface area contributed by atoms with E-state index < -0.39 is 0 Å². The van der Waals surface area contributed by atoms with Gasteiger partial charge in [-0.25, -0.2) is 15.0 Å². The lowest BCUT2D eigenvalue weighted by atomic mass is 10.0.